The molecule has 0 radical (unpaired) electrons. The van der Waals surface area contributed by atoms with E-state index in [0.29, 0.717) is 19.4 Å². The molecule has 28 heavy (non-hydrogen) atoms. The average molecular weight is 505 g/mol. The maximum Gasteiger partial charge on any atom is 0.573 e. The van der Waals surface area contributed by atoms with Gasteiger partial charge in [-0.25, -0.2) is 4.98 Å². The lowest BCUT2D eigenvalue weighted by molar-refractivity contribution is -0.274. The third-order valence-electron chi connectivity index (χ3n) is 3.67. The number of guanidine groups is 1. The van der Waals surface area contributed by atoms with E-state index in [4.69, 9.17) is 5.73 Å². The molecule has 1 heterocycles. The summed E-state index contributed by atoms with van der Waals surface area (Å²) in [5.74, 6) is 0.491. The van der Waals surface area contributed by atoms with Crippen molar-refractivity contribution < 1.29 is 17.9 Å². The molecule has 0 aliphatic carbocycles. The van der Waals surface area contributed by atoms with Gasteiger partial charge in [-0.3, -0.25) is 4.99 Å². The molecule has 0 spiro atoms. The Morgan fingerprint density at radius 2 is 1.86 bits per heavy atom. The zero-order valence-electron chi connectivity index (χ0n) is 14.7. The van der Waals surface area contributed by atoms with E-state index in [1.807, 2.05) is 24.3 Å². The number of fused-ring (bicyclic) bond motifs is 1. The molecule has 0 unspecified atom stereocenters. The summed E-state index contributed by atoms with van der Waals surface area (Å²) in [6.07, 6.45) is -3.42. The number of aromatic nitrogens is 2. The monoisotopic (exact) mass is 505 g/mol. The second-order valence-electron chi connectivity index (χ2n) is 5.74. The number of ether oxygens (including phenoxy) is 1. The van der Waals surface area contributed by atoms with Crippen LogP contribution in [0.3, 0.4) is 0 Å². The van der Waals surface area contributed by atoms with Gasteiger partial charge in [-0.15, -0.1) is 37.1 Å². The second-order valence-corrected chi connectivity index (χ2v) is 5.74. The Hall–Kier alpha value is -2.50. The molecule has 0 fully saturated rings. The topological polar surface area (TPSA) is 88.3 Å². The molecule has 1 aromatic heterocycles. The van der Waals surface area contributed by atoms with Crippen LogP contribution in [0, 0.1) is 0 Å². The lowest BCUT2D eigenvalue weighted by Crippen LogP contribution is -2.24. The van der Waals surface area contributed by atoms with Crippen molar-refractivity contribution >= 4 is 46.7 Å². The van der Waals surface area contributed by atoms with E-state index in [0.717, 1.165) is 16.9 Å². The number of halogens is 4. The van der Waals surface area contributed by atoms with Crippen LogP contribution in [0.15, 0.2) is 53.5 Å². The van der Waals surface area contributed by atoms with Gasteiger partial charge < -0.3 is 20.8 Å². The molecule has 4 N–H and O–H groups in total. The Kier molecular flexibility index (Phi) is 7.49. The largest absolute Gasteiger partial charge is 0.573 e. The molecule has 3 aromatic rings. The number of benzene rings is 2. The van der Waals surface area contributed by atoms with Crippen LogP contribution < -0.4 is 15.8 Å². The molecule has 0 aliphatic heterocycles. The Labute approximate surface area is 176 Å². The number of anilines is 1. The minimum Gasteiger partial charge on any atom is -0.404 e. The first-order valence-electron chi connectivity index (χ1n) is 8.26. The van der Waals surface area contributed by atoms with Gasteiger partial charge in [-0.05, 0) is 30.7 Å². The van der Waals surface area contributed by atoms with E-state index < -0.39 is 6.36 Å². The van der Waals surface area contributed by atoms with Gasteiger partial charge >= 0.3 is 6.36 Å². The number of aryl methyl sites for hydroxylation is 1. The van der Waals surface area contributed by atoms with Crippen molar-refractivity contribution in [3.05, 3.63) is 54.4 Å². The number of hydrogen-bond acceptors (Lipinski definition) is 3. The summed E-state index contributed by atoms with van der Waals surface area (Å²) in [7, 11) is 0. The number of hydrogen-bond donors (Lipinski definition) is 3. The lowest BCUT2D eigenvalue weighted by Gasteiger charge is -2.14. The summed E-state index contributed by atoms with van der Waals surface area (Å²) in [4.78, 5) is 11.8. The third kappa shape index (κ3) is 6.29. The first kappa shape index (κ1) is 21.8. The molecule has 0 atom stereocenters. The lowest BCUT2D eigenvalue weighted by atomic mass is 10.3. The molecule has 6 nitrogen and oxygen atoms in total. The van der Waals surface area contributed by atoms with Crippen LogP contribution in [-0.2, 0) is 6.42 Å². The first-order chi connectivity index (χ1) is 12.9. The van der Waals surface area contributed by atoms with Gasteiger partial charge in [0, 0.05) is 13.0 Å². The van der Waals surface area contributed by atoms with Crippen LogP contribution >= 0.6 is 24.0 Å². The van der Waals surface area contributed by atoms with E-state index >= 15 is 0 Å². The van der Waals surface area contributed by atoms with Crippen LogP contribution in [-0.4, -0.2) is 28.8 Å². The maximum atomic E-state index is 12.4. The molecule has 10 heteroatoms. The highest BCUT2D eigenvalue weighted by atomic mass is 127. The number of H-pyrrole nitrogens is 1. The van der Waals surface area contributed by atoms with Crippen molar-refractivity contribution in [2.75, 3.05) is 11.9 Å². The van der Waals surface area contributed by atoms with E-state index in [9.17, 15) is 13.2 Å². The molecule has 150 valence electrons. The SMILES string of the molecule is I.NC(=NCCCc1nc2ccccc2[nH]1)Nc1ccccc1OC(F)(F)F. The number of aromatic amines is 1. The van der Waals surface area contributed by atoms with Crippen LogP contribution in [0.5, 0.6) is 5.75 Å². The van der Waals surface area contributed by atoms with Crippen molar-refractivity contribution in [1.29, 1.82) is 0 Å². The minimum absolute atomic E-state index is 0. The summed E-state index contributed by atoms with van der Waals surface area (Å²) >= 11 is 0. The van der Waals surface area contributed by atoms with Crippen LogP contribution in [0.1, 0.15) is 12.2 Å². The number of alkyl halides is 3. The predicted molar refractivity (Wildman–Crippen MR) is 113 cm³/mol. The van der Waals surface area contributed by atoms with E-state index in [2.05, 4.69) is 25.0 Å². The number of nitrogens with two attached hydrogens (primary N) is 1. The molecular formula is C18H19F3IN5O. The zero-order valence-corrected chi connectivity index (χ0v) is 17.0. The number of imidazole rings is 1. The first-order valence-corrected chi connectivity index (χ1v) is 8.26. The highest BCUT2D eigenvalue weighted by Crippen LogP contribution is 2.29. The van der Waals surface area contributed by atoms with Gasteiger partial charge in [0.2, 0.25) is 0 Å². The molecule has 0 bridgehead atoms. The van der Waals surface area contributed by atoms with Gasteiger partial charge in [-0.1, -0.05) is 24.3 Å². The molecule has 0 saturated heterocycles. The fraction of sp³-hybridized carbons (Fsp3) is 0.222. The predicted octanol–water partition coefficient (Wildman–Crippen LogP) is 4.44. The zero-order chi connectivity index (χ0) is 19.3. The second kappa shape index (κ2) is 9.62. The fourth-order valence-corrected chi connectivity index (χ4v) is 2.53. The van der Waals surface area contributed by atoms with E-state index in [-0.39, 0.29) is 41.4 Å². The molecule has 0 saturated carbocycles. The van der Waals surface area contributed by atoms with E-state index in [1.54, 1.807) is 6.07 Å². The van der Waals surface area contributed by atoms with E-state index in [1.165, 1.54) is 18.2 Å². The fourth-order valence-electron chi connectivity index (χ4n) is 2.53. The Bertz CT molecular complexity index is 909. The highest BCUT2D eigenvalue weighted by molar-refractivity contribution is 14.0. The number of nitrogens with zero attached hydrogens (tertiary/aromatic N) is 2. The molecule has 3 rings (SSSR count). The maximum absolute atomic E-state index is 12.4. The Morgan fingerprint density at radius 1 is 1.14 bits per heavy atom. The quantitative estimate of drug-likeness (QED) is 0.200. The van der Waals surface area contributed by atoms with Crippen molar-refractivity contribution in [3.8, 4) is 5.75 Å². The molecule has 0 amide bonds. The summed E-state index contributed by atoms with van der Waals surface area (Å²) in [5, 5.41) is 2.63. The van der Waals surface area contributed by atoms with Crippen molar-refractivity contribution in [3.63, 3.8) is 0 Å². The van der Waals surface area contributed by atoms with Crippen LogP contribution in [0.4, 0.5) is 18.9 Å². The Morgan fingerprint density at radius 3 is 2.61 bits per heavy atom. The van der Waals surface area contributed by atoms with Crippen molar-refractivity contribution in [1.82, 2.24) is 9.97 Å². The minimum atomic E-state index is -4.78. The van der Waals surface area contributed by atoms with Gasteiger partial charge in [0.05, 0.1) is 16.7 Å². The number of nitrogens with one attached hydrogen (secondary N) is 2. The molecule has 2 aromatic carbocycles. The number of aliphatic imine (C=N–C) groups is 1. The molecule has 0 aliphatic rings. The standard InChI is InChI=1S/C18H18F3N5O.HI/c19-18(20,21)27-15-9-4-3-8-14(15)26-17(22)23-11-5-10-16-24-12-6-1-2-7-13(12)25-16;/h1-4,6-9H,5,10-11H2,(H,24,25)(H3,22,23,26);1H. The summed E-state index contributed by atoms with van der Waals surface area (Å²) in [6.45, 7) is 0.401. The van der Waals surface area contributed by atoms with Crippen molar-refractivity contribution in [2.24, 2.45) is 10.7 Å². The normalized spacial score (nSPS) is 11.9. The van der Waals surface area contributed by atoms with Gasteiger partial charge in [0.15, 0.2) is 11.7 Å². The van der Waals surface area contributed by atoms with Gasteiger partial charge in [0.1, 0.15) is 5.82 Å². The average Bonchev–Trinajstić information content (AvgIpc) is 3.02. The summed E-state index contributed by atoms with van der Waals surface area (Å²) < 4.78 is 41.2. The van der Waals surface area contributed by atoms with Crippen LogP contribution in [0.25, 0.3) is 11.0 Å². The number of para-hydroxylation sites is 4. The summed E-state index contributed by atoms with van der Waals surface area (Å²) in [5.41, 5.74) is 7.72. The Balaban J connectivity index is 0.00000280. The van der Waals surface area contributed by atoms with Gasteiger partial charge in [0.25, 0.3) is 0 Å². The van der Waals surface area contributed by atoms with Crippen molar-refractivity contribution in [2.45, 2.75) is 19.2 Å². The third-order valence-corrected chi connectivity index (χ3v) is 3.67. The highest BCUT2D eigenvalue weighted by Gasteiger charge is 2.32. The smallest absolute Gasteiger partial charge is 0.404 e. The molecular weight excluding hydrogens is 486 g/mol. The summed E-state index contributed by atoms with van der Waals surface area (Å²) in [6, 6.07) is 13.4. The van der Waals surface area contributed by atoms with Gasteiger partial charge in [-0.2, -0.15) is 0 Å². The van der Waals surface area contributed by atoms with Crippen LogP contribution in [0.2, 0.25) is 0 Å². The number of rotatable bonds is 6.